The Morgan fingerprint density at radius 1 is 1.30 bits per heavy atom. The number of hydrogen-bond acceptors (Lipinski definition) is 2. The van der Waals surface area contributed by atoms with Crippen molar-refractivity contribution in [3.8, 4) is 0 Å². The van der Waals surface area contributed by atoms with Crippen LogP contribution in [0.3, 0.4) is 0 Å². The number of carboxylic acids is 1. The van der Waals surface area contributed by atoms with Crippen LogP contribution >= 0.6 is 11.6 Å². The second-order valence-corrected chi connectivity index (χ2v) is 4.78. The molecular formula is C12H11ClF3NO3. The van der Waals surface area contributed by atoms with Gasteiger partial charge in [0.15, 0.2) is 0 Å². The highest BCUT2D eigenvalue weighted by atomic mass is 35.5. The van der Waals surface area contributed by atoms with Crippen LogP contribution in [0.4, 0.5) is 13.2 Å². The van der Waals surface area contributed by atoms with E-state index >= 15 is 0 Å². The van der Waals surface area contributed by atoms with Crippen molar-refractivity contribution in [1.29, 1.82) is 0 Å². The maximum Gasteiger partial charge on any atom is 0.422 e. The third-order valence-corrected chi connectivity index (χ3v) is 3.04. The molecule has 0 aliphatic rings. The van der Waals surface area contributed by atoms with Crippen LogP contribution in [0.25, 0.3) is 0 Å². The number of nitrogens with one attached hydrogen (secondary N) is 1. The molecule has 0 aliphatic carbocycles. The van der Waals surface area contributed by atoms with Crippen molar-refractivity contribution in [1.82, 2.24) is 5.32 Å². The van der Waals surface area contributed by atoms with Crippen molar-refractivity contribution in [2.75, 3.05) is 0 Å². The monoisotopic (exact) mass is 309 g/mol. The topological polar surface area (TPSA) is 66.4 Å². The van der Waals surface area contributed by atoms with E-state index in [4.69, 9.17) is 16.7 Å². The summed E-state index contributed by atoms with van der Waals surface area (Å²) in [7, 11) is 0. The molecule has 0 saturated carbocycles. The molecular weight excluding hydrogens is 299 g/mol. The van der Waals surface area contributed by atoms with E-state index in [9.17, 15) is 22.8 Å². The molecule has 110 valence electrons. The molecule has 8 heteroatoms. The average molecular weight is 310 g/mol. The van der Waals surface area contributed by atoms with Gasteiger partial charge in [0.05, 0.1) is 0 Å². The first-order valence-electron chi connectivity index (χ1n) is 5.38. The Bertz CT molecular complexity index is 559. The maximum absolute atomic E-state index is 12.8. The van der Waals surface area contributed by atoms with E-state index < -0.39 is 23.6 Å². The van der Waals surface area contributed by atoms with Gasteiger partial charge in [-0.15, -0.1) is 0 Å². The first kappa shape index (κ1) is 16.3. The number of aryl methyl sites for hydroxylation is 1. The summed E-state index contributed by atoms with van der Waals surface area (Å²) in [6.07, 6.45) is -5.14. The number of amides is 1. The molecule has 1 atom stereocenters. The van der Waals surface area contributed by atoms with Crippen molar-refractivity contribution < 1.29 is 27.9 Å². The zero-order valence-electron chi connectivity index (χ0n) is 10.5. The molecule has 0 radical (unpaired) electrons. The summed E-state index contributed by atoms with van der Waals surface area (Å²) in [6.45, 7) is 1.88. The fourth-order valence-corrected chi connectivity index (χ4v) is 1.55. The smallest absolute Gasteiger partial charge is 0.422 e. The number of carbonyl (C=O) groups excluding carboxylic acids is 1. The normalized spacial score (nSPS) is 14.5. The van der Waals surface area contributed by atoms with Gasteiger partial charge in [-0.3, -0.25) is 4.79 Å². The number of alkyl halides is 3. The summed E-state index contributed by atoms with van der Waals surface area (Å²) in [5.41, 5.74) is -3.12. The molecule has 0 heterocycles. The lowest BCUT2D eigenvalue weighted by Gasteiger charge is -2.28. The molecule has 1 unspecified atom stereocenters. The van der Waals surface area contributed by atoms with Gasteiger partial charge in [-0.2, -0.15) is 13.2 Å². The summed E-state index contributed by atoms with van der Waals surface area (Å²) in [5, 5.41) is 10.4. The fraction of sp³-hybridized carbons (Fsp3) is 0.333. The minimum Gasteiger partial charge on any atom is -0.479 e. The Morgan fingerprint density at radius 3 is 2.30 bits per heavy atom. The van der Waals surface area contributed by atoms with Crippen LogP contribution < -0.4 is 5.32 Å². The molecule has 0 bridgehead atoms. The average Bonchev–Trinajstić information content (AvgIpc) is 2.30. The Morgan fingerprint density at radius 2 is 1.85 bits per heavy atom. The van der Waals surface area contributed by atoms with Gasteiger partial charge in [-0.05, 0) is 31.5 Å². The lowest BCUT2D eigenvalue weighted by molar-refractivity contribution is -0.203. The largest absolute Gasteiger partial charge is 0.479 e. The number of aliphatic carboxylic acids is 1. The van der Waals surface area contributed by atoms with Crippen molar-refractivity contribution in [2.45, 2.75) is 25.6 Å². The molecule has 0 fully saturated rings. The number of carboxylic acid groups (broad SMARTS) is 1. The van der Waals surface area contributed by atoms with Crippen molar-refractivity contribution in [2.24, 2.45) is 0 Å². The molecule has 4 nitrogen and oxygen atoms in total. The number of rotatable bonds is 3. The molecule has 0 aliphatic heterocycles. The van der Waals surface area contributed by atoms with E-state index in [0.29, 0.717) is 12.5 Å². The zero-order valence-corrected chi connectivity index (χ0v) is 11.3. The number of carbonyl (C=O) groups is 2. The van der Waals surface area contributed by atoms with Gasteiger partial charge < -0.3 is 10.4 Å². The minimum absolute atomic E-state index is 0.116. The van der Waals surface area contributed by atoms with Crippen molar-refractivity contribution >= 4 is 23.5 Å². The highest BCUT2D eigenvalue weighted by Crippen LogP contribution is 2.31. The van der Waals surface area contributed by atoms with Crippen LogP contribution in [0.2, 0.25) is 5.02 Å². The van der Waals surface area contributed by atoms with Crippen LogP contribution in [0.5, 0.6) is 0 Å². The highest BCUT2D eigenvalue weighted by molar-refractivity contribution is 6.31. The number of halogens is 4. The Kier molecular flexibility index (Phi) is 4.33. The van der Waals surface area contributed by atoms with E-state index in [1.807, 2.05) is 0 Å². The van der Waals surface area contributed by atoms with Crippen molar-refractivity contribution in [3.05, 3.63) is 34.3 Å². The second-order valence-electron chi connectivity index (χ2n) is 4.34. The molecule has 1 amide bonds. The van der Waals surface area contributed by atoms with Gasteiger partial charge >= 0.3 is 12.1 Å². The van der Waals surface area contributed by atoms with Gasteiger partial charge in [0.1, 0.15) is 0 Å². The molecule has 1 aromatic carbocycles. The third kappa shape index (κ3) is 3.04. The van der Waals surface area contributed by atoms with Gasteiger partial charge in [0, 0.05) is 10.6 Å². The highest BCUT2D eigenvalue weighted by Gasteiger charge is 2.58. The predicted molar refractivity (Wildman–Crippen MR) is 65.8 cm³/mol. The van der Waals surface area contributed by atoms with Crippen LogP contribution in [0.1, 0.15) is 22.8 Å². The van der Waals surface area contributed by atoms with E-state index in [1.165, 1.54) is 30.4 Å². The first-order valence-corrected chi connectivity index (χ1v) is 5.75. The van der Waals surface area contributed by atoms with Gasteiger partial charge in [0.2, 0.25) is 5.54 Å². The van der Waals surface area contributed by atoms with Crippen LogP contribution in [0, 0.1) is 6.92 Å². The van der Waals surface area contributed by atoms with E-state index in [2.05, 4.69) is 0 Å². The molecule has 1 aromatic rings. The van der Waals surface area contributed by atoms with Crippen molar-refractivity contribution in [3.63, 3.8) is 0 Å². The fourth-order valence-electron chi connectivity index (χ4n) is 1.38. The molecule has 2 N–H and O–H groups in total. The molecule has 0 aromatic heterocycles. The molecule has 0 saturated heterocycles. The maximum atomic E-state index is 12.8. The third-order valence-electron chi connectivity index (χ3n) is 2.80. The van der Waals surface area contributed by atoms with Crippen LogP contribution in [-0.4, -0.2) is 28.7 Å². The lowest BCUT2D eigenvalue weighted by Crippen LogP contribution is -2.61. The Hall–Kier alpha value is -1.76. The quantitative estimate of drug-likeness (QED) is 0.902. The van der Waals surface area contributed by atoms with Crippen LogP contribution in [0.15, 0.2) is 18.2 Å². The molecule has 20 heavy (non-hydrogen) atoms. The van der Waals surface area contributed by atoms with Gasteiger partial charge in [-0.1, -0.05) is 17.7 Å². The summed E-state index contributed by atoms with van der Waals surface area (Å²) in [6, 6.07) is 4.08. The number of hydrogen-bond donors (Lipinski definition) is 2. The zero-order chi connectivity index (χ0) is 15.7. The summed E-state index contributed by atoms with van der Waals surface area (Å²) in [5.74, 6) is -3.36. The molecule has 0 spiro atoms. The first-order chi connectivity index (χ1) is 8.99. The summed E-state index contributed by atoms with van der Waals surface area (Å²) in [4.78, 5) is 22.7. The lowest BCUT2D eigenvalue weighted by atomic mass is 10.00. The molecule has 1 rings (SSSR count). The predicted octanol–water partition coefficient (Wildman–Crippen LogP) is 2.78. The standard InChI is InChI=1S/C12H11ClF3NO3/c1-6-3-4-7(13)5-8(6)9(18)17-11(2,10(19)20)12(14,15)16/h3-5H,1-2H3,(H,17,18)(H,19,20). The number of benzene rings is 1. The van der Waals surface area contributed by atoms with Gasteiger partial charge in [0.25, 0.3) is 5.91 Å². The Balaban J connectivity index is 3.16. The van der Waals surface area contributed by atoms with Crippen LogP contribution in [-0.2, 0) is 4.79 Å². The van der Waals surface area contributed by atoms with E-state index in [1.54, 1.807) is 0 Å². The van der Waals surface area contributed by atoms with E-state index in [-0.39, 0.29) is 10.6 Å². The summed E-state index contributed by atoms with van der Waals surface area (Å²) >= 11 is 5.67. The van der Waals surface area contributed by atoms with E-state index in [0.717, 1.165) is 0 Å². The summed E-state index contributed by atoms with van der Waals surface area (Å²) < 4.78 is 38.4. The Labute approximate surface area is 117 Å². The second kappa shape index (κ2) is 5.32. The minimum atomic E-state index is -5.14. The SMILES string of the molecule is Cc1ccc(Cl)cc1C(=O)NC(C)(C(=O)O)C(F)(F)F. The van der Waals surface area contributed by atoms with Gasteiger partial charge in [-0.25, -0.2) is 4.79 Å².